The van der Waals surface area contributed by atoms with Crippen LogP contribution in [0.5, 0.6) is 0 Å². The number of hydrogen-bond acceptors (Lipinski definition) is 2. The summed E-state index contributed by atoms with van der Waals surface area (Å²) in [7, 11) is -3.19. The Balaban J connectivity index is 1.84. The Hall–Kier alpha value is -2.15. The SMILES string of the molecule is C1=CC2=COP34(OCC(=C23)C1)c1ccccc1-c1ccccc14. The molecule has 23 heavy (non-hydrogen) atoms. The number of rotatable bonds is 0. The molecule has 1 aliphatic carbocycles. The van der Waals surface area contributed by atoms with Crippen molar-refractivity contribution >= 4 is 17.7 Å². The summed E-state index contributed by atoms with van der Waals surface area (Å²) in [5.41, 5.74) is 5.12. The van der Waals surface area contributed by atoms with E-state index in [1.54, 1.807) is 0 Å². The van der Waals surface area contributed by atoms with Crippen molar-refractivity contribution in [3.05, 3.63) is 83.4 Å². The van der Waals surface area contributed by atoms with Crippen molar-refractivity contribution in [2.24, 2.45) is 0 Å². The summed E-state index contributed by atoms with van der Waals surface area (Å²) in [6.45, 7) is 0.678. The van der Waals surface area contributed by atoms with Crippen molar-refractivity contribution in [3.8, 4) is 11.1 Å². The normalized spacial score (nSPS) is 25.2. The topological polar surface area (TPSA) is 18.5 Å². The van der Waals surface area contributed by atoms with E-state index in [0.29, 0.717) is 6.61 Å². The van der Waals surface area contributed by atoms with E-state index in [1.165, 1.54) is 38.2 Å². The summed E-state index contributed by atoms with van der Waals surface area (Å²) < 4.78 is 13.3. The Morgan fingerprint density at radius 1 is 0.870 bits per heavy atom. The molecule has 3 heteroatoms. The van der Waals surface area contributed by atoms with Crippen LogP contribution in [-0.2, 0) is 9.05 Å². The third-order valence-corrected chi connectivity index (χ3v) is 10.6. The maximum atomic E-state index is 6.72. The Bertz CT molecular complexity index is 951. The van der Waals surface area contributed by atoms with Gasteiger partial charge in [-0.15, -0.1) is 0 Å². The average Bonchev–Trinajstić information content (AvgIpc) is 3.23. The van der Waals surface area contributed by atoms with E-state index < -0.39 is 7.06 Å². The number of hydrogen-bond donors (Lipinski definition) is 0. The van der Waals surface area contributed by atoms with E-state index in [9.17, 15) is 0 Å². The molecule has 0 N–H and O–H groups in total. The van der Waals surface area contributed by atoms with Crippen LogP contribution in [-0.4, -0.2) is 6.61 Å². The van der Waals surface area contributed by atoms with Gasteiger partial charge >= 0.3 is 134 Å². The zero-order valence-corrected chi connectivity index (χ0v) is 13.4. The van der Waals surface area contributed by atoms with Crippen molar-refractivity contribution in [1.82, 2.24) is 0 Å². The van der Waals surface area contributed by atoms with Crippen LogP contribution in [0, 0.1) is 0 Å². The van der Waals surface area contributed by atoms with Crippen molar-refractivity contribution in [2.45, 2.75) is 6.42 Å². The van der Waals surface area contributed by atoms with Crippen LogP contribution in [0.1, 0.15) is 6.42 Å². The third kappa shape index (κ3) is 1.10. The molecule has 3 heterocycles. The fourth-order valence-corrected chi connectivity index (χ4v) is 10.3. The van der Waals surface area contributed by atoms with Crippen LogP contribution in [0.3, 0.4) is 0 Å². The first kappa shape index (κ1) is 12.3. The molecular formula is C20H15O2P. The van der Waals surface area contributed by atoms with E-state index in [4.69, 9.17) is 9.05 Å². The monoisotopic (exact) mass is 318 g/mol. The summed E-state index contributed by atoms with van der Waals surface area (Å²) in [4.78, 5) is 0. The molecule has 0 unspecified atom stereocenters. The molecule has 0 amide bonds. The van der Waals surface area contributed by atoms with Crippen LogP contribution in [0.2, 0.25) is 0 Å². The molecule has 2 aromatic rings. The van der Waals surface area contributed by atoms with Gasteiger partial charge in [0.2, 0.25) is 0 Å². The van der Waals surface area contributed by atoms with Crippen LogP contribution in [0.15, 0.2) is 83.4 Å². The van der Waals surface area contributed by atoms with E-state index >= 15 is 0 Å². The van der Waals surface area contributed by atoms with Crippen LogP contribution < -0.4 is 10.6 Å². The third-order valence-electron chi connectivity index (χ3n) is 5.52. The average molecular weight is 318 g/mol. The minimum atomic E-state index is -3.19. The molecule has 1 spiro atoms. The minimum absolute atomic E-state index is 0.678. The molecule has 0 saturated carbocycles. The van der Waals surface area contributed by atoms with Gasteiger partial charge in [-0.2, -0.15) is 0 Å². The molecule has 0 radical (unpaired) electrons. The van der Waals surface area contributed by atoms with Crippen LogP contribution >= 0.6 is 7.06 Å². The Morgan fingerprint density at radius 3 is 2.30 bits per heavy atom. The van der Waals surface area contributed by atoms with E-state index in [-0.39, 0.29) is 0 Å². The first-order valence-corrected chi connectivity index (χ1v) is 10.1. The first-order valence-electron chi connectivity index (χ1n) is 7.99. The first-order chi connectivity index (χ1) is 11.3. The molecule has 3 aliphatic heterocycles. The van der Waals surface area contributed by atoms with Gasteiger partial charge < -0.3 is 0 Å². The number of allylic oxidation sites excluding steroid dienone is 4. The summed E-state index contributed by atoms with van der Waals surface area (Å²) in [6.07, 6.45) is 7.31. The molecule has 4 aliphatic rings. The van der Waals surface area contributed by atoms with E-state index in [0.717, 1.165) is 6.42 Å². The van der Waals surface area contributed by atoms with Gasteiger partial charge in [0.25, 0.3) is 0 Å². The molecule has 2 aromatic carbocycles. The molecule has 2 nitrogen and oxygen atoms in total. The van der Waals surface area contributed by atoms with E-state index in [1.807, 2.05) is 6.26 Å². The summed E-state index contributed by atoms with van der Waals surface area (Å²) >= 11 is 0. The molecule has 0 saturated heterocycles. The van der Waals surface area contributed by atoms with Crippen molar-refractivity contribution < 1.29 is 9.05 Å². The molecule has 0 bridgehead atoms. The Morgan fingerprint density at radius 2 is 1.57 bits per heavy atom. The van der Waals surface area contributed by atoms with Gasteiger partial charge in [-0.1, -0.05) is 0 Å². The summed E-state index contributed by atoms with van der Waals surface area (Å²) in [6, 6.07) is 17.2. The molecule has 112 valence electrons. The standard InChI is InChI=1S/C20H15O2P/c1-3-10-18-16(8-1)17-9-2-4-11-19(17)23(18)20-14(12-21-23)6-5-7-15(20)13-22-23/h1-6,8-12H,7,13H2. The molecular weight excluding hydrogens is 303 g/mol. The Kier molecular flexibility index (Phi) is 1.96. The Labute approximate surface area is 134 Å². The predicted molar refractivity (Wildman–Crippen MR) is 94.0 cm³/mol. The number of fused-ring (bicyclic) bond motifs is 3. The maximum absolute atomic E-state index is 6.72. The fourth-order valence-electron chi connectivity index (χ4n) is 4.69. The van der Waals surface area contributed by atoms with Crippen molar-refractivity contribution in [1.29, 1.82) is 0 Å². The zero-order chi connectivity index (χ0) is 15.1. The second kappa shape index (κ2) is 3.67. The second-order valence-corrected chi connectivity index (χ2v) is 10.3. The van der Waals surface area contributed by atoms with Gasteiger partial charge in [0.15, 0.2) is 0 Å². The summed E-state index contributed by atoms with van der Waals surface area (Å²) in [5, 5.41) is 3.83. The summed E-state index contributed by atoms with van der Waals surface area (Å²) in [5.74, 6) is 0. The number of benzene rings is 2. The molecule has 0 fully saturated rings. The second-order valence-electron chi connectivity index (χ2n) is 6.50. The van der Waals surface area contributed by atoms with Crippen molar-refractivity contribution in [2.75, 3.05) is 6.61 Å². The van der Waals surface area contributed by atoms with Crippen LogP contribution in [0.25, 0.3) is 11.1 Å². The van der Waals surface area contributed by atoms with Gasteiger partial charge in [0, 0.05) is 0 Å². The molecule has 0 atom stereocenters. The van der Waals surface area contributed by atoms with E-state index in [2.05, 4.69) is 60.7 Å². The van der Waals surface area contributed by atoms with Gasteiger partial charge in [0.05, 0.1) is 0 Å². The quantitative estimate of drug-likeness (QED) is 0.679. The van der Waals surface area contributed by atoms with Gasteiger partial charge in [-0.05, 0) is 0 Å². The van der Waals surface area contributed by atoms with Gasteiger partial charge in [-0.3, -0.25) is 0 Å². The van der Waals surface area contributed by atoms with Crippen LogP contribution in [0.4, 0.5) is 0 Å². The van der Waals surface area contributed by atoms with Gasteiger partial charge in [0.1, 0.15) is 0 Å². The fraction of sp³-hybridized carbons (Fsp3) is 0.100. The van der Waals surface area contributed by atoms with Crippen molar-refractivity contribution in [3.63, 3.8) is 0 Å². The predicted octanol–water partition coefficient (Wildman–Crippen LogP) is 4.16. The molecule has 0 aromatic heterocycles. The van der Waals surface area contributed by atoms with Gasteiger partial charge in [-0.25, -0.2) is 0 Å². The molecule has 6 rings (SSSR count). The zero-order valence-electron chi connectivity index (χ0n) is 12.5.